The Morgan fingerprint density at radius 3 is 2.63 bits per heavy atom. The molecule has 0 fully saturated rings. The normalized spacial score (nSPS) is 9.95. The fraction of sp³-hybridized carbons (Fsp3) is 0.143. The molecule has 0 spiro atoms. The molecule has 98 valence electrons. The molecular formula is C14H15N3O2. The zero-order chi connectivity index (χ0) is 13.5. The van der Waals surface area contributed by atoms with Crippen molar-refractivity contribution in [2.45, 2.75) is 0 Å². The van der Waals surface area contributed by atoms with Gasteiger partial charge in [-0.3, -0.25) is 4.79 Å². The van der Waals surface area contributed by atoms with Crippen LogP contribution in [0.15, 0.2) is 48.7 Å². The van der Waals surface area contributed by atoms with Crippen molar-refractivity contribution in [2.24, 2.45) is 5.73 Å². The zero-order valence-electron chi connectivity index (χ0n) is 10.4. The molecule has 5 heteroatoms. The molecule has 0 aliphatic heterocycles. The molecule has 1 aromatic heterocycles. The summed E-state index contributed by atoms with van der Waals surface area (Å²) in [4.78, 5) is 16.0. The molecule has 1 aromatic carbocycles. The number of pyridine rings is 1. The number of anilines is 1. The van der Waals surface area contributed by atoms with Gasteiger partial charge in [-0.1, -0.05) is 6.07 Å². The highest BCUT2D eigenvalue weighted by atomic mass is 16.5. The van der Waals surface area contributed by atoms with E-state index in [1.54, 1.807) is 42.6 Å². The van der Waals surface area contributed by atoms with Crippen LogP contribution in [0.1, 0.15) is 10.4 Å². The summed E-state index contributed by atoms with van der Waals surface area (Å²) in [7, 11) is 0. The van der Waals surface area contributed by atoms with E-state index in [1.807, 2.05) is 6.07 Å². The van der Waals surface area contributed by atoms with E-state index in [0.29, 0.717) is 30.3 Å². The lowest BCUT2D eigenvalue weighted by atomic mass is 10.2. The van der Waals surface area contributed by atoms with E-state index in [1.165, 1.54) is 0 Å². The van der Waals surface area contributed by atoms with Gasteiger partial charge < -0.3 is 15.8 Å². The van der Waals surface area contributed by atoms with E-state index < -0.39 is 0 Å². The van der Waals surface area contributed by atoms with Gasteiger partial charge in [-0.15, -0.1) is 0 Å². The minimum absolute atomic E-state index is 0.205. The second kappa shape index (κ2) is 6.51. The smallest absolute Gasteiger partial charge is 0.256 e. The Balaban J connectivity index is 1.99. The molecule has 0 bridgehead atoms. The summed E-state index contributed by atoms with van der Waals surface area (Å²) >= 11 is 0. The second-order valence-corrected chi connectivity index (χ2v) is 3.83. The van der Waals surface area contributed by atoms with Gasteiger partial charge in [0.1, 0.15) is 18.2 Å². The molecule has 0 saturated heterocycles. The molecule has 0 saturated carbocycles. The molecule has 3 N–H and O–H groups in total. The van der Waals surface area contributed by atoms with Gasteiger partial charge in [-0.05, 0) is 36.4 Å². The SMILES string of the molecule is NCCOc1ccc(C(=O)Nc2ccccn2)cc1. The summed E-state index contributed by atoms with van der Waals surface area (Å²) in [5, 5.41) is 2.71. The van der Waals surface area contributed by atoms with Gasteiger partial charge in [0, 0.05) is 18.3 Å². The minimum atomic E-state index is -0.205. The highest BCUT2D eigenvalue weighted by molar-refractivity contribution is 6.03. The van der Waals surface area contributed by atoms with Crippen molar-refractivity contribution < 1.29 is 9.53 Å². The Bertz CT molecular complexity index is 526. The summed E-state index contributed by atoms with van der Waals surface area (Å²) in [6.45, 7) is 0.918. The van der Waals surface area contributed by atoms with E-state index >= 15 is 0 Å². The summed E-state index contributed by atoms with van der Waals surface area (Å²) in [5.41, 5.74) is 5.89. The van der Waals surface area contributed by atoms with Crippen LogP contribution in [-0.2, 0) is 0 Å². The van der Waals surface area contributed by atoms with Gasteiger partial charge in [0.05, 0.1) is 0 Å². The number of aromatic nitrogens is 1. The van der Waals surface area contributed by atoms with Crippen LogP contribution in [0.5, 0.6) is 5.75 Å². The van der Waals surface area contributed by atoms with Gasteiger partial charge in [0.25, 0.3) is 5.91 Å². The third-order valence-electron chi connectivity index (χ3n) is 2.41. The maximum atomic E-state index is 11.9. The number of carbonyl (C=O) groups excluding carboxylic acids is 1. The quantitative estimate of drug-likeness (QED) is 0.854. The number of nitrogens with one attached hydrogen (secondary N) is 1. The predicted octanol–water partition coefficient (Wildman–Crippen LogP) is 1.67. The molecule has 0 aliphatic rings. The standard InChI is InChI=1S/C14H15N3O2/c15-8-10-19-12-6-4-11(5-7-12)14(18)17-13-3-1-2-9-16-13/h1-7,9H,8,10,15H2,(H,16,17,18). The van der Waals surface area contributed by atoms with Crippen molar-refractivity contribution in [2.75, 3.05) is 18.5 Å². The Morgan fingerprint density at radius 2 is 2.00 bits per heavy atom. The van der Waals surface area contributed by atoms with Crippen LogP contribution in [0.3, 0.4) is 0 Å². The average Bonchev–Trinajstić information content (AvgIpc) is 2.46. The third-order valence-corrected chi connectivity index (χ3v) is 2.41. The van der Waals surface area contributed by atoms with Crippen molar-refractivity contribution in [3.63, 3.8) is 0 Å². The lowest BCUT2D eigenvalue weighted by molar-refractivity contribution is 0.102. The topological polar surface area (TPSA) is 77.2 Å². The van der Waals surface area contributed by atoms with E-state index in [-0.39, 0.29) is 5.91 Å². The van der Waals surface area contributed by atoms with Crippen LogP contribution >= 0.6 is 0 Å². The Morgan fingerprint density at radius 1 is 1.21 bits per heavy atom. The van der Waals surface area contributed by atoms with Crippen molar-refractivity contribution in [3.05, 3.63) is 54.2 Å². The van der Waals surface area contributed by atoms with Gasteiger partial charge >= 0.3 is 0 Å². The number of nitrogens with two attached hydrogens (primary N) is 1. The van der Waals surface area contributed by atoms with Gasteiger partial charge in [-0.2, -0.15) is 0 Å². The number of hydrogen-bond acceptors (Lipinski definition) is 4. The molecule has 0 atom stereocenters. The molecule has 0 radical (unpaired) electrons. The first-order valence-corrected chi connectivity index (χ1v) is 5.95. The molecule has 1 heterocycles. The largest absolute Gasteiger partial charge is 0.492 e. The van der Waals surface area contributed by atoms with Gasteiger partial charge in [0.2, 0.25) is 0 Å². The Hall–Kier alpha value is -2.40. The molecule has 1 amide bonds. The molecule has 19 heavy (non-hydrogen) atoms. The summed E-state index contributed by atoms with van der Waals surface area (Å²) in [6.07, 6.45) is 1.62. The number of nitrogens with zero attached hydrogens (tertiary/aromatic N) is 1. The van der Waals surface area contributed by atoms with E-state index in [4.69, 9.17) is 10.5 Å². The fourth-order valence-electron chi connectivity index (χ4n) is 1.50. The Labute approximate surface area is 111 Å². The Kier molecular flexibility index (Phi) is 4.47. The maximum Gasteiger partial charge on any atom is 0.256 e. The first-order chi connectivity index (χ1) is 9.29. The van der Waals surface area contributed by atoms with Crippen LogP contribution in [0.25, 0.3) is 0 Å². The zero-order valence-corrected chi connectivity index (χ0v) is 10.4. The minimum Gasteiger partial charge on any atom is -0.492 e. The molecule has 0 aliphatic carbocycles. The predicted molar refractivity (Wildman–Crippen MR) is 73.2 cm³/mol. The van der Waals surface area contributed by atoms with Crippen LogP contribution in [-0.4, -0.2) is 24.0 Å². The van der Waals surface area contributed by atoms with Crippen molar-refractivity contribution >= 4 is 11.7 Å². The van der Waals surface area contributed by atoms with Crippen LogP contribution in [0, 0.1) is 0 Å². The number of ether oxygens (including phenoxy) is 1. The highest BCUT2D eigenvalue weighted by Crippen LogP contribution is 2.13. The number of hydrogen-bond donors (Lipinski definition) is 2. The van der Waals surface area contributed by atoms with E-state index in [2.05, 4.69) is 10.3 Å². The number of amides is 1. The van der Waals surface area contributed by atoms with Gasteiger partial charge in [-0.25, -0.2) is 4.98 Å². The third kappa shape index (κ3) is 3.79. The lowest BCUT2D eigenvalue weighted by Gasteiger charge is -2.06. The molecule has 5 nitrogen and oxygen atoms in total. The number of benzene rings is 1. The maximum absolute atomic E-state index is 11.9. The molecule has 2 rings (SSSR count). The van der Waals surface area contributed by atoms with Gasteiger partial charge in [0.15, 0.2) is 0 Å². The average molecular weight is 257 g/mol. The fourth-order valence-corrected chi connectivity index (χ4v) is 1.50. The second-order valence-electron chi connectivity index (χ2n) is 3.83. The van der Waals surface area contributed by atoms with Crippen LogP contribution in [0.2, 0.25) is 0 Å². The molecular weight excluding hydrogens is 242 g/mol. The summed E-state index contributed by atoms with van der Waals surface area (Å²) in [6, 6.07) is 12.2. The number of carbonyl (C=O) groups is 1. The molecule has 0 unspecified atom stereocenters. The first-order valence-electron chi connectivity index (χ1n) is 5.95. The summed E-state index contributed by atoms with van der Waals surface area (Å²) in [5.74, 6) is 1.01. The summed E-state index contributed by atoms with van der Waals surface area (Å²) < 4.78 is 5.34. The monoisotopic (exact) mass is 257 g/mol. The van der Waals surface area contributed by atoms with E-state index in [0.717, 1.165) is 0 Å². The lowest BCUT2D eigenvalue weighted by Crippen LogP contribution is -2.13. The first kappa shape index (κ1) is 13.0. The van der Waals surface area contributed by atoms with Crippen LogP contribution in [0.4, 0.5) is 5.82 Å². The van der Waals surface area contributed by atoms with Crippen LogP contribution < -0.4 is 15.8 Å². The van der Waals surface area contributed by atoms with Crippen molar-refractivity contribution in [1.82, 2.24) is 4.98 Å². The number of rotatable bonds is 5. The van der Waals surface area contributed by atoms with Crippen molar-refractivity contribution in [3.8, 4) is 5.75 Å². The highest BCUT2D eigenvalue weighted by Gasteiger charge is 2.06. The van der Waals surface area contributed by atoms with E-state index in [9.17, 15) is 4.79 Å². The molecule has 2 aromatic rings. The van der Waals surface area contributed by atoms with Crippen molar-refractivity contribution in [1.29, 1.82) is 0 Å².